The maximum Gasteiger partial charge on any atom is 0.356 e. The Hall–Kier alpha value is -2.69. The highest BCUT2D eigenvalue weighted by Crippen LogP contribution is 2.21. The number of fused-ring (bicyclic) bond motifs is 1. The van der Waals surface area contributed by atoms with E-state index in [-0.39, 0.29) is 5.75 Å². The number of para-hydroxylation sites is 2. The summed E-state index contributed by atoms with van der Waals surface area (Å²) < 4.78 is 7.07. The largest absolute Gasteiger partial charge is 0.872 e. The lowest BCUT2D eigenvalue weighted by Crippen LogP contribution is -2.30. The minimum atomic E-state index is -0.0272. The first-order valence-corrected chi connectivity index (χ1v) is 6.73. The van der Waals surface area contributed by atoms with Crippen molar-refractivity contribution in [2.24, 2.45) is 7.05 Å². The van der Waals surface area contributed by atoms with Gasteiger partial charge in [-0.25, -0.2) is 9.55 Å². The number of nitrogens with one attached hydrogen (secondary N) is 2. The Morgan fingerprint density at radius 3 is 2.76 bits per heavy atom. The summed E-state index contributed by atoms with van der Waals surface area (Å²) in [6.45, 7) is 0.462. The molecule has 2 N–H and O–H groups in total. The van der Waals surface area contributed by atoms with E-state index in [1.54, 1.807) is 19.2 Å². The molecule has 0 radical (unpaired) electrons. The van der Waals surface area contributed by atoms with Gasteiger partial charge < -0.3 is 9.84 Å². The normalized spacial score (nSPS) is 10.8. The maximum absolute atomic E-state index is 11.9. The summed E-state index contributed by atoms with van der Waals surface area (Å²) in [5.41, 5.74) is 2.87. The highest BCUT2D eigenvalue weighted by molar-refractivity contribution is 5.72. The Balaban J connectivity index is 1.82. The third kappa shape index (κ3) is 2.50. The average molecular weight is 283 g/mol. The number of aromatic amines is 1. The second-order valence-electron chi connectivity index (χ2n) is 4.88. The monoisotopic (exact) mass is 283 g/mol. The summed E-state index contributed by atoms with van der Waals surface area (Å²) >= 11 is 0. The average Bonchev–Trinajstić information content (AvgIpc) is 2.83. The second kappa shape index (κ2) is 5.36. The molecule has 0 amide bonds. The van der Waals surface area contributed by atoms with Crippen LogP contribution in [0.5, 0.6) is 11.5 Å². The number of imidazole rings is 1. The molecular formula is C16H17N3O2. The van der Waals surface area contributed by atoms with Crippen molar-refractivity contribution in [3.8, 4) is 11.5 Å². The van der Waals surface area contributed by atoms with E-state index < -0.39 is 0 Å². The predicted molar refractivity (Wildman–Crippen MR) is 79.2 cm³/mol. The van der Waals surface area contributed by atoms with Crippen molar-refractivity contribution in [2.75, 3.05) is 12.4 Å². The van der Waals surface area contributed by atoms with Crippen LogP contribution in [0.15, 0.2) is 42.5 Å². The summed E-state index contributed by atoms with van der Waals surface area (Å²) in [7, 11) is 3.53. The zero-order chi connectivity index (χ0) is 14.8. The number of nitrogens with zero attached hydrogens (tertiary/aromatic N) is 1. The van der Waals surface area contributed by atoms with Crippen LogP contribution in [0.25, 0.3) is 11.0 Å². The van der Waals surface area contributed by atoms with Crippen LogP contribution in [-0.2, 0) is 13.6 Å². The number of ether oxygens (including phenoxy) is 1. The van der Waals surface area contributed by atoms with Crippen LogP contribution in [0, 0.1) is 0 Å². The zero-order valence-electron chi connectivity index (χ0n) is 12.0. The van der Waals surface area contributed by atoms with Gasteiger partial charge in [0.2, 0.25) is 0 Å². The molecule has 2 aromatic carbocycles. The van der Waals surface area contributed by atoms with Gasteiger partial charge in [0.25, 0.3) is 0 Å². The number of anilines is 1. The molecule has 21 heavy (non-hydrogen) atoms. The van der Waals surface area contributed by atoms with E-state index >= 15 is 0 Å². The summed E-state index contributed by atoms with van der Waals surface area (Å²) in [4.78, 5) is 3.30. The molecule has 0 aliphatic heterocycles. The van der Waals surface area contributed by atoms with Crippen LogP contribution in [0.4, 0.5) is 5.95 Å². The molecule has 0 aliphatic rings. The van der Waals surface area contributed by atoms with Crippen molar-refractivity contribution in [3.63, 3.8) is 0 Å². The van der Waals surface area contributed by atoms with Crippen LogP contribution < -0.4 is 19.7 Å². The highest BCUT2D eigenvalue weighted by atomic mass is 16.5. The van der Waals surface area contributed by atoms with E-state index in [1.165, 1.54) is 6.07 Å². The number of aromatic nitrogens is 2. The minimum Gasteiger partial charge on any atom is -0.872 e. The molecule has 0 aliphatic carbocycles. The molecular weight excluding hydrogens is 266 g/mol. The minimum absolute atomic E-state index is 0.0272. The number of hydrogen-bond donors (Lipinski definition) is 2. The van der Waals surface area contributed by atoms with E-state index in [0.29, 0.717) is 17.9 Å². The molecule has 108 valence electrons. The summed E-state index contributed by atoms with van der Waals surface area (Å²) in [6.07, 6.45) is 0. The van der Waals surface area contributed by atoms with Crippen LogP contribution in [-0.4, -0.2) is 12.1 Å². The van der Waals surface area contributed by atoms with Crippen molar-refractivity contribution in [2.45, 2.75) is 6.54 Å². The highest BCUT2D eigenvalue weighted by Gasteiger charge is 2.13. The first-order chi connectivity index (χ1) is 10.2. The lowest BCUT2D eigenvalue weighted by molar-refractivity contribution is -0.630. The van der Waals surface area contributed by atoms with Gasteiger partial charge in [0.1, 0.15) is 16.8 Å². The van der Waals surface area contributed by atoms with Crippen molar-refractivity contribution < 1.29 is 14.4 Å². The number of benzene rings is 2. The van der Waals surface area contributed by atoms with Gasteiger partial charge in [-0.3, -0.25) is 5.32 Å². The van der Waals surface area contributed by atoms with Crippen LogP contribution >= 0.6 is 0 Å². The number of methoxy groups -OCH3 is 1. The van der Waals surface area contributed by atoms with Crippen molar-refractivity contribution in [1.82, 2.24) is 4.98 Å². The Morgan fingerprint density at radius 1 is 1.24 bits per heavy atom. The first-order valence-electron chi connectivity index (χ1n) is 6.73. The summed E-state index contributed by atoms with van der Waals surface area (Å²) in [5.74, 6) is 1.42. The smallest absolute Gasteiger partial charge is 0.356 e. The molecule has 0 fully saturated rings. The van der Waals surface area contributed by atoms with Gasteiger partial charge in [0, 0.05) is 0 Å². The van der Waals surface area contributed by atoms with Gasteiger partial charge >= 0.3 is 5.95 Å². The first kappa shape index (κ1) is 13.3. The molecule has 0 spiro atoms. The van der Waals surface area contributed by atoms with Crippen molar-refractivity contribution in [1.29, 1.82) is 0 Å². The fourth-order valence-electron chi connectivity index (χ4n) is 2.35. The molecule has 5 heteroatoms. The Morgan fingerprint density at radius 2 is 2.05 bits per heavy atom. The quantitative estimate of drug-likeness (QED) is 0.716. The molecule has 1 aromatic heterocycles. The third-order valence-corrected chi connectivity index (χ3v) is 3.57. The molecule has 0 atom stereocenters. The van der Waals surface area contributed by atoms with Crippen LogP contribution in [0.2, 0.25) is 0 Å². The van der Waals surface area contributed by atoms with E-state index in [9.17, 15) is 5.11 Å². The molecule has 3 aromatic rings. The van der Waals surface area contributed by atoms with E-state index in [2.05, 4.69) is 10.3 Å². The van der Waals surface area contributed by atoms with Gasteiger partial charge in [-0.15, -0.1) is 0 Å². The van der Waals surface area contributed by atoms with Crippen LogP contribution in [0.1, 0.15) is 5.56 Å². The van der Waals surface area contributed by atoms with Gasteiger partial charge in [-0.2, -0.15) is 0 Å². The lowest BCUT2D eigenvalue weighted by atomic mass is 10.2. The van der Waals surface area contributed by atoms with E-state index in [0.717, 1.165) is 17.0 Å². The molecule has 0 saturated carbocycles. The van der Waals surface area contributed by atoms with Gasteiger partial charge in [-0.1, -0.05) is 23.9 Å². The molecule has 0 unspecified atom stereocenters. The molecule has 3 rings (SSSR count). The lowest BCUT2D eigenvalue weighted by Gasteiger charge is -2.13. The number of hydrogen-bond acceptors (Lipinski definition) is 3. The molecule has 1 heterocycles. The van der Waals surface area contributed by atoms with Gasteiger partial charge in [0.05, 0.1) is 20.7 Å². The Bertz CT molecular complexity index is 780. The zero-order valence-corrected chi connectivity index (χ0v) is 12.0. The fourth-order valence-corrected chi connectivity index (χ4v) is 2.35. The third-order valence-electron chi connectivity index (χ3n) is 3.57. The molecule has 0 saturated heterocycles. The van der Waals surface area contributed by atoms with Gasteiger partial charge in [0.15, 0.2) is 0 Å². The summed E-state index contributed by atoms with van der Waals surface area (Å²) in [6, 6.07) is 13.1. The van der Waals surface area contributed by atoms with E-state index in [4.69, 9.17) is 4.74 Å². The van der Waals surface area contributed by atoms with Crippen LogP contribution in [0.3, 0.4) is 0 Å². The van der Waals surface area contributed by atoms with E-state index in [1.807, 2.05) is 35.9 Å². The van der Waals surface area contributed by atoms with Gasteiger partial charge in [-0.05, 0) is 29.8 Å². The predicted octanol–water partition coefficient (Wildman–Crippen LogP) is 1.69. The fraction of sp³-hybridized carbons (Fsp3) is 0.188. The second-order valence-corrected chi connectivity index (χ2v) is 4.88. The molecule has 5 nitrogen and oxygen atoms in total. The number of rotatable bonds is 4. The topological polar surface area (TPSA) is 64.0 Å². The molecule has 0 bridgehead atoms. The maximum atomic E-state index is 11.9. The Kier molecular flexibility index (Phi) is 3.39. The number of aryl methyl sites for hydroxylation is 1. The standard InChI is InChI=1S/C16H17N3O2/c1-19-14-6-4-3-5-13(14)18-16(19)17-10-11-7-8-12(21-2)9-15(11)20/h3-9H,10H2,1-2H3,(H2,17,18,20). The SMILES string of the molecule is COc1ccc(CNc2[nH]c3ccccc3[n+]2C)c([O-])c1. The van der Waals surface area contributed by atoms with Crippen molar-refractivity contribution >= 4 is 17.0 Å². The van der Waals surface area contributed by atoms with Crippen molar-refractivity contribution in [3.05, 3.63) is 48.0 Å². The number of H-pyrrole nitrogens is 1. The summed E-state index contributed by atoms with van der Waals surface area (Å²) in [5, 5.41) is 15.2. The Labute approximate surface area is 122 Å².